The van der Waals surface area contributed by atoms with Crippen LogP contribution in [0.3, 0.4) is 0 Å². The van der Waals surface area contributed by atoms with E-state index in [4.69, 9.17) is 9.84 Å². The molecule has 1 fully saturated rings. The number of nitrogens with zero attached hydrogens (tertiary/aromatic N) is 2. The minimum atomic E-state index is -0.953. The number of aromatic nitrogens is 1. The first-order valence-electron chi connectivity index (χ1n) is 6.87. The summed E-state index contributed by atoms with van der Waals surface area (Å²) < 4.78 is 5.14. The predicted molar refractivity (Wildman–Crippen MR) is 74.6 cm³/mol. The molecular weight excluding hydrogens is 274 g/mol. The van der Waals surface area contributed by atoms with Crippen LogP contribution in [0.15, 0.2) is 24.4 Å². The van der Waals surface area contributed by atoms with Gasteiger partial charge in [-0.25, -0.2) is 4.79 Å². The highest BCUT2D eigenvalue weighted by atomic mass is 16.5. The van der Waals surface area contributed by atoms with Crippen LogP contribution in [0.4, 0.5) is 4.79 Å². The van der Waals surface area contributed by atoms with Gasteiger partial charge in [0.25, 0.3) is 0 Å². The third-order valence-electron chi connectivity index (χ3n) is 3.45. The van der Waals surface area contributed by atoms with Gasteiger partial charge in [0.15, 0.2) is 0 Å². The third-order valence-corrected chi connectivity index (χ3v) is 3.45. The number of carbonyl (C=O) groups excluding carboxylic acids is 1. The van der Waals surface area contributed by atoms with Gasteiger partial charge in [0.2, 0.25) is 0 Å². The largest absolute Gasteiger partial charge is 0.481 e. The zero-order valence-corrected chi connectivity index (χ0v) is 11.9. The number of carbonyl (C=O) groups is 2. The lowest BCUT2D eigenvalue weighted by atomic mass is 10.0. The van der Waals surface area contributed by atoms with Crippen molar-refractivity contribution in [2.24, 2.45) is 5.92 Å². The van der Waals surface area contributed by atoms with Gasteiger partial charge in [-0.3, -0.25) is 9.78 Å². The molecule has 7 nitrogen and oxygen atoms in total. The number of ether oxygens (including phenoxy) is 1. The number of aliphatic carboxylic acids is 1. The van der Waals surface area contributed by atoms with Crippen LogP contribution in [0.5, 0.6) is 0 Å². The van der Waals surface area contributed by atoms with Crippen LogP contribution in [0.1, 0.15) is 12.6 Å². The monoisotopic (exact) mass is 293 g/mol. The van der Waals surface area contributed by atoms with E-state index in [-0.39, 0.29) is 19.2 Å². The molecule has 2 atom stereocenters. The Hall–Kier alpha value is -2.15. The molecule has 0 aromatic carbocycles. The Balaban J connectivity index is 1.95. The Labute approximate surface area is 122 Å². The molecule has 2 rings (SSSR count). The Morgan fingerprint density at radius 1 is 1.48 bits per heavy atom. The van der Waals surface area contributed by atoms with E-state index in [0.717, 1.165) is 5.69 Å². The van der Waals surface area contributed by atoms with Crippen molar-refractivity contribution in [3.8, 4) is 0 Å². The van der Waals surface area contributed by atoms with Gasteiger partial charge in [0, 0.05) is 12.7 Å². The fourth-order valence-corrected chi connectivity index (χ4v) is 2.20. The number of nitrogens with one attached hydrogen (secondary N) is 1. The van der Waals surface area contributed by atoms with E-state index in [1.165, 1.54) is 0 Å². The third kappa shape index (κ3) is 3.91. The summed E-state index contributed by atoms with van der Waals surface area (Å²) >= 11 is 0. The van der Waals surface area contributed by atoms with Crippen molar-refractivity contribution in [3.05, 3.63) is 30.1 Å². The molecule has 0 spiro atoms. The van der Waals surface area contributed by atoms with Crippen LogP contribution < -0.4 is 5.32 Å². The second kappa shape index (κ2) is 7.03. The molecular formula is C14H19N3O4. The van der Waals surface area contributed by atoms with Gasteiger partial charge in [0.1, 0.15) is 5.92 Å². The molecule has 0 radical (unpaired) electrons. The van der Waals surface area contributed by atoms with Gasteiger partial charge in [-0.1, -0.05) is 6.07 Å². The van der Waals surface area contributed by atoms with Crippen LogP contribution >= 0.6 is 0 Å². The van der Waals surface area contributed by atoms with E-state index in [1.54, 1.807) is 11.1 Å². The number of hydrogen-bond donors (Lipinski definition) is 2. The Morgan fingerprint density at radius 3 is 2.90 bits per heavy atom. The molecule has 0 bridgehead atoms. The normalized spacial score (nSPS) is 21.0. The average molecular weight is 293 g/mol. The zero-order chi connectivity index (χ0) is 15.2. The first kappa shape index (κ1) is 15.2. The Bertz CT molecular complexity index is 494. The summed E-state index contributed by atoms with van der Waals surface area (Å²) in [6.45, 7) is 3.11. The van der Waals surface area contributed by atoms with Gasteiger partial charge in [0.05, 0.1) is 31.5 Å². The predicted octanol–water partition coefficient (Wildman–Crippen LogP) is 0.713. The minimum absolute atomic E-state index is 0.132. The standard InChI is InChI=1S/C14H19N3O4/c1-2-17(7-10-5-3-4-6-15-10)14(20)16-12-9-21-8-11(12)13(18)19/h3-6,11-12H,2,7-9H2,1H3,(H,16,20)(H,18,19). The summed E-state index contributed by atoms with van der Waals surface area (Å²) in [6.07, 6.45) is 1.67. The molecule has 1 aliphatic rings. The second-order valence-electron chi connectivity index (χ2n) is 4.87. The number of pyridine rings is 1. The maximum atomic E-state index is 12.2. The maximum Gasteiger partial charge on any atom is 0.318 e. The van der Waals surface area contributed by atoms with Crippen molar-refractivity contribution in [2.75, 3.05) is 19.8 Å². The fourth-order valence-electron chi connectivity index (χ4n) is 2.20. The molecule has 0 saturated carbocycles. The highest BCUT2D eigenvalue weighted by Crippen LogP contribution is 2.14. The summed E-state index contributed by atoms with van der Waals surface area (Å²) in [4.78, 5) is 29.1. The van der Waals surface area contributed by atoms with Crippen molar-refractivity contribution < 1.29 is 19.4 Å². The lowest BCUT2D eigenvalue weighted by Gasteiger charge is -2.24. The molecule has 21 heavy (non-hydrogen) atoms. The quantitative estimate of drug-likeness (QED) is 0.834. The van der Waals surface area contributed by atoms with E-state index in [9.17, 15) is 9.59 Å². The molecule has 7 heteroatoms. The molecule has 1 aromatic heterocycles. The summed E-state index contributed by atoms with van der Waals surface area (Å²) in [5.41, 5.74) is 0.784. The fraction of sp³-hybridized carbons (Fsp3) is 0.500. The lowest BCUT2D eigenvalue weighted by Crippen LogP contribution is -2.48. The van der Waals surface area contributed by atoms with Gasteiger partial charge < -0.3 is 20.1 Å². The highest BCUT2D eigenvalue weighted by molar-refractivity contribution is 5.77. The molecule has 2 unspecified atom stereocenters. The zero-order valence-electron chi connectivity index (χ0n) is 11.9. The minimum Gasteiger partial charge on any atom is -0.481 e. The second-order valence-corrected chi connectivity index (χ2v) is 4.87. The molecule has 2 amide bonds. The molecule has 2 N–H and O–H groups in total. The molecule has 0 aliphatic carbocycles. The number of carboxylic acid groups (broad SMARTS) is 1. The maximum absolute atomic E-state index is 12.2. The van der Waals surface area contributed by atoms with E-state index in [2.05, 4.69) is 10.3 Å². The van der Waals surface area contributed by atoms with Crippen LogP contribution in [0.2, 0.25) is 0 Å². The molecule has 1 saturated heterocycles. The van der Waals surface area contributed by atoms with Crippen LogP contribution in [-0.2, 0) is 16.1 Å². The molecule has 114 valence electrons. The van der Waals surface area contributed by atoms with E-state index >= 15 is 0 Å². The number of rotatable bonds is 5. The number of urea groups is 1. The number of hydrogen-bond acceptors (Lipinski definition) is 4. The summed E-state index contributed by atoms with van der Waals surface area (Å²) in [7, 11) is 0. The highest BCUT2D eigenvalue weighted by Gasteiger charge is 2.35. The summed E-state index contributed by atoms with van der Waals surface area (Å²) in [5, 5.41) is 11.8. The molecule has 1 aromatic rings. The van der Waals surface area contributed by atoms with E-state index < -0.39 is 17.9 Å². The Morgan fingerprint density at radius 2 is 2.29 bits per heavy atom. The van der Waals surface area contributed by atoms with Crippen molar-refractivity contribution in [1.29, 1.82) is 0 Å². The van der Waals surface area contributed by atoms with Gasteiger partial charge in [-0.2, -0.15) is 0 Å². The van der Waals surface area contributed by atoms with Gasteiger partial charge in [-0.15, -0.1) is 0 Å². The lowest BCUT2D eigenvalue weighted by molar-refractivity contribution is -0.142. The molecule has 1 aliphatic heterocycles. The smallest absolute Gasteiger partial charge is 0.318 e. The van der Waals surface area contributed by atoms with Gasteiger partial charge in [-0.05, 0) is 19.1 Å². The van der Waals surface area contributed by atoms with E-state index in [0.29, 0.717) is 13.1 Å². The van der Waals surface area contributed by atoms with Crippen LogP contribution in [-0.4, -0.2) is 52.8 Å². The topological polar surface area (TPSA) is 91.8 Å². The van der Waals surface area contributed by atoms with Crippen molar-refractivity contribution in [2.45, 2.75) is 19.5 Å². The van der Waals surface area contributed by atoms with E-state index in [1.807, 2.05) is 25.1 Å². The Kier molecular flexibility index (Phi) is 5.10. The number of carboxylic acids is 1. The van der Waals surface area contributed by atoms with Crippen molar-refractivity contribution >= 4 is 12.0 Å². The summed E-state index contributed by atoms with van der Waals surface area (Å²) in [5.74, 6) is -1.65. The summed E-state index contributed by atoms with van der Waals surface area (Å²) in [6, 6.07) is 4.72. The SMILES string of the molecule is CCN(Cc1ccccn1)C(=O)NC1COCC1C(=O)O. The first-order valence-corrected chi connectivity index (χ1v) is 6.87. The van der Waals surface area contributed by atoms with Crippen LogP contribution in [0, 0.1) is 5.92 Å². The van der Waals surface area contributed by atoms with Crippen LogP contribution in [0.25, 0.3) is 0 Å². The molecule has 2 heterocycles. The average Bonchev–Trinajstić information content (AvgIpc) is 2.94. The van der Waals surface area contributed by atoms with Gasteiger partial charge >= 0.3 is 12.0 Å². The van der Waals surface area contributed by atoms with Crippen molar-refractivity contribution in [1.82, 2.24) is 15.2 Å². The van der Waals surface area contributed by atoms with Crippen molar-refractivity contribution in [3.63, 3.8) is 0 Å². The number of amides is 2. The first-order chi connectivity index (χ1) is 10.1.